The summed E-state index contributed by atoms with van der Waals surface area (Å²) >= 11 is 0. The van der Waals surface area contributed by atoms with Gasteiger partial charge in [-0.1, -0.05) is 0 Å². The van der Waals surface area contributed by atoms with Gasteiger partial charge in [0.05, 0.1) is 0 Å². The highest BCUT2D eigenvalue weighted by Crippen LogP contribution is 1.73. The van der Waals surface area contributed by atoms with Gasteiger partial charge in [-0.15, -0.1) is 0 Å². The van der Waals surface area contributed by atoms with Crippen LogP contribution in [-0.2, 0) is 4.74 Å². The van der Waals surface area contributed by atoms with E-state index in [0.29, 0.717) is 0 Å². The third-order valence-corrected chi connectivity index (χ3v) is 0.310. The van der Waals surface area contributed by atoms with E-state index in [4.69, 9.17) is 5.73 Å². The molecule has 0 atom stereocenters. The zero-order chi connectivity index (χ0) is 5.70. The van der Waals surface area contributed by atoms with Crippen molar-refractivity contribution in [2.45, 2.75) is 0 Å². The van der Waals surface area contributed by atoms with Crippen molar-refractivity contribution in [2.75, 3.05) is 13.3 Å². The van der Waals surface area contributed by atoms with E-state index < -0.39 is 12.8 Å². The molecule has 1 amide bonds. The molecule has 4 heteroatoms. The van der Waals surface area contributed by atoms with E-state index in [1.165, 1.54) is 0 Å². The van der Waals surface area contributed by atoms with E-state index in [9.17, 15) is 9.18 Å². The molecule has 41 valence electrons. The third-order valence-electron chi connectivity index (χ3n) is 0.310. The van der Waals surface area contributed by atoms with Crippen molar-refractivity contribution in [3.8, 4) is 0 Å². The van der Waals surface area contributed by atoms with Gasteiger partial charge in [-0.05, 0) is 0 Å². The molecular weight excluding hydrogens is 101 g/mol. The van der Waals surface area contributed by atoms with Crippen molar-refractivity contribution in [1.82, 2.24) is 5.73 Å². The highest BCUT2D eigenvalue weighted by atomic mass is 19.1. The van der Waals surface area contributed by atoms with Crippen LogP contribution >= 0.6 is 0 Å². The van der Waals surface area contributed by atoms with Crippen molar-refractivity contribution in [3.63, 3.8) is 0 Å². The minimum Gasteiger partial charge on any atom is -0.446 e. The molecule has 0 aromatic carbocycles. The lowest BCUT2D eigenvalue weighted by Gasteiger charge is -1.90. The Hall–Kier alpha value is -0.800. The van der Waals surface area contributed by atoms with E-state index in [1.807, 2.05) is 0 Å². The maximum atomic E-state index is 11.0. The summed E-state index contributed by atoms with van der Waals surface area (Å²) in [6.45, 7) is -1.02. The zero-order valence-corrected chi connectivity index (χ0v) is 3.61. The fraction of sp³-hybridized carbons (Fsp3) is 0.667. The normalized spacial score (nSPS) is 8.14. The second-order valence-electron chi connectivity index (χ2n) is 0.825. The summed E-state index contributed by atoms with van der Waals surface area (Å²) < 4.78 is 14.8. The van der Waals surface area contributed by atoms with Crippen LogP contribution in [0.1, 0.15) is 0 Å². The van der Waals surface area contributed by atoms with Gasteiger partial charge in [0, 0.05) is 0 Å². The first kappa shape index (κ1) is 6.20. The van der Waals surface area contributed by atoms with Crippen LogP contribution in [0.25, 0.3) is 0 Å². The number of nitrogens with one attached hydrogen (secondary N) is 1. The van der Waals surface area contributed by atoms with Crippen LogP contribution in [0.4, 0.5) is 9.18 Å². The van der Waals surface area contributed by atoms with E-state index in [0.717, 1.165) is 0 Å². The molecule has 0 heterocycles. The Morgan fingerprint density at radius 2 is 2.43 bits per heavy atom. The van der Waals surface area contributed by atoms with Gasteiger partial charge in [-0.3, -0.25) is 0 Å². The molecule has 0 aliphatic carbocycles. The number of carbonyl (C=O) groups is 1. The van der Waals surface area contributed by atoms with Crippen molar-refractivity contribution in [1.29, 1.82) is 0 Å². The predicted octanol–water partition coefficient (Wildman–Crippen LogP) is 0.375. The van der Waals surface area contributed by atoms with Gasteiger partial charge in [0.2, 0.25) is 0 Å². The van der Waals surface area contributed by atoms with Gasteiger partial charge in [0.25, 0.3) is 0 Å². The first-order valence-electron chi connectivity index (χ1n) is 1.71. The summed E-state index contributed by atoms with van der Waals surface area (Å²) in [6.07, 6.45) is -1.18. The second kappa shape index (κ2) is 3.39. The predicted molar refractivity (Wildman–Crippen MR) is 20.4 cm³/mol. The lowest BCUT2D eigenvalue weighted by molar-refractivity contribution is 0.146. The number of ether oxygens (including phenoxy) is 1. The molecule has 0 saturated heterocycles. The monoisotopic (exact) mass is 106 g/mol. The van der Waals surface area contributed by atoms with Crippen molar-refractivity contribution >= 4 is 6.09 Å². The van der Waals surface area contributed by atoms with E-state index >= 15 is 0 Å². The Balaban J connectivity index is 2.82. The van der Waals surface area contributed by atoms with Gasteiger partial charge in [0.15, 0.2) is 0 Å². The first-order chi connectivity index (χ1) is 3.27. The molecule has 0 aliphatic heterocycles. The van der Waals surface area contributed by atoms with Gasteiger partial charge in [-0.25, -0.2) is 14.9 Å². The standard InChI is InChI=1S/C3H5FNO2/c4-1-2-7-3(5)6/h5H,1-2H2. The van der Waals surface area contributed by atoms with Crippen LogP contribution in [-0.4, -0.2) is 19.4 Å². The number of amides is 1. The average Bonchev–Trinajstić information content (AvgIpc) is 1.61. The Bertz CT molecular complexity index is 66.0. The molecule has 0 aromatic heterocycles. The van der Waals surface area contributed by atoms with E-state index in [1.54, 1.807) is 0 Å². The molecular formula is C3H5FNO2. The van der Waals surface area contributed by atoms with Crippen LogP contribution in [0.2, 0.25) is 0 Å². The summed E-state index contributed by atoms with van der Waals surface area (Å²) in [7, 11) is 0. The summed E-state index contributed by atoms with van der Waals surface area (Å²) in [4.78, 5) is 9.48. The number of alkyl halides is 1. The lowest BCUT2D eigenvalue weighted by Crippen LogP contribution is -2.04. The summed E-state index contributed by atoms with van der Waals surface area (Å²) in [5.74, 6) is 0. The summed E-state index contributed by atoms with van der Waals surface area (Å²) in [6, 6.07) is 0. The van der Waals surface area contributed by atoms with Crippen LogP contribution in [0.15, 0.2) is 0 Å². The second-order valence-corrected chi connectivity index (χ2v) is 0.825. The van der Waals surface area contributed by atoms with Crippen molar-refractivity contribution < 1.29 is 13.9 Å². The number of carbonyl (C=O) groups excluding carboxylic acids is 1. The zero-order valence-electron chi connectivity index (χ0n) is 3.61. The minimum atomic E-state index is -1.18. The maximum absolute atomic E-state index is 11.0. The average molecular weight is 106 g/mol. The molecule has 0 saturated carbocycles. The fourth-order valence-electron chi connectivity index (χ4n) is 0.131. The van der Waals surface area contributed by atoms with Crippen molar-refractivity contribution in [3.05, 3.63) is 0 Å². The van der Waals surface area contributed by atoms with Gasteiger partial charge < -0.3 is 4.74 Å². The summed E-state index contributed by atoms with van der Waals surface area (Å²) in [5, 5.41) is 0. The quantitative estimate of drug-likeness (QED) is 0.510. The number of rotatable bonds is 2. The molecule has 7 heavy (non-hydrogen) atoms. The topological polar surface area (TPSA) is 50.1 Å². The van der Waals surface area contributed by atoms with Gasteiger partial charge in [0.1, 0.15) is 13.3 Å². The molecule has 0 spiro atoms. The lowest BCUT2D eigenvalue weighted by atomic mass is 10.8. The van der Waals surface area contributed by atoms with Gasteiger partial charge >= 0.3 is 6.09 Å². The Kier molecular flexibility index (Phi) is 3.00. The fourth-order valence-corrected chi connectivity index (χ4v) is 0.131. The highest BCUT2D eigenvalue weighted by Gasteiger charge is 1.89. The molecule has 0 rings (SSSR count). The molecule has 0 fully saturated rings. The Labute approximate surface area is 40.2 Å². The summed E-state index contributed by atoms with van der Waals surface area (Å²) in [5.41, 5.74) is 6.05. The molecule has 3 nitrogen and oxygen atoms in total. The largest absolute Gasteiger partial charge is 0.446 e. The molecule has 1 radical (unpaired) electrons. The third kappa shape index (κ3) is 5.20. The Morgan fingerprint density at radius 3 is 2.57 bits per heavy atom. The molecule has 0 aromatic rings. The van der Waals surface area contributed by atoms with E-state index in [2.05, 4.69) is 4.74 Å². The number of halogens is 1. The minimum absolute atomic E-state index is 0.303. The van der Waals surface area contributed by atoms with Crippen LogP contribution < -0.4 is 5.73 Å². The SMILES string of the molecule is [NH]C(=O)OCCF. The first-order valence-corrected chi connectivity index (χ1v) is 1.71. The Morgan fingerprint density at radius 1 is 1.86 bits per heavy atom. The maximum Gasteiger partial charge on any atom is 0.426 e. The van der Waals surface area contributed by atoms with Crippen LogP contribution in [0, 0.1) is 0 Å². The molecule has 0 bridgehead atoms. The number of hydrogen-bond donors (Lipinski definition) is 0. The van der Waals surface area contributed by atoms with Crippen molar-refractivity contribution in [2.24, 2.45) is 0 Å². The molecule has 1 N–H and O–H groups in total. The molecule has 0 unspecified atom stereocenters. The van der Waals surface area contributed by atoms with E-state index in [-0.39, 0.29) is 6.61 Å². The number of hydrogen-bond acceptors (Lipinski definition) is 2. The van der Waals surface area contributed by atoms with Crippen LogP contribution in [0.5, 0.6) is 0 Å². The smallest absolute Gasteiger partial charge is 0.426 e. The van der Waals surface area contributed by atoms with Gasteiger partial charge in [-0.2, -0.15) is 0 Å². The molecule has 0 aliphatic rings. The highest BCUT2D eigenvalue weighted by molar-refractivity contribution is 5.63. The van der Waals surface area contributed by atoms with Crippen LogP contribution in [0.3, 0.4) is 0 Å².